The summed E-state index contributed by atoms with van der Waals surface area (Å²) in [5.74, 6) is 0.901. The summed E-state index contributed by atoms with van der Waals surface area (Å²) in [5, 5.41) is 8.70. The van der Waals surface area contributed by atoms with Gasteiger partial charge < -0.3 is 10.3 Å². The van der Waals surface area contributed by atoms with E-state index in [1.54, 1.807) is 10.9 Å². The summed E-state index contributed by atoms with van der Waals surface area (Å²) in [6, 6.07) is 2.06. The Morgan fingerprint density at radius 1 is 1.39 bits per heavy atom. The van der Waals surface area contributed by atoms with Gasteiger partial charge in [0, 0.05) is 24.8 Å². The maximum atomic E-state index is 4.41. The van der Waals surface area contributed by atoms with Crippen molar-refractivity contribution in [1.82, 2.24) is 24.7 Å². The van der Waals surface area contributed by atoms with Crippen molar-refractivity contribution in [3.05, 3.63) is 36.2 Å². The van der Waals surface area contributed by atoms with Crippen molar-refractivity contribution in [3.63, 3.8) is 0 Å². The zero-order chi connectivity index (χ0) is 12.5. The van der Waals surface area contributed by atoms with E-state index in [4.69, 9.17) is 0 Å². The highest BCUT2D eigenvalue weighted by atomic mass is 15.3. The minimum Gasteiger partial charge on any atom is -0.377 e. The minimum absolute atomic E-state index is 0.652. The van der Waals surface area contributed by atoms with E-state index >= 15 is 0 Å². The van der Waals surface area contributed by atoms with E-state index in [9.17, 15) is 0 Å². The topological polar surface area (TPSA) is 71.4 Å². The van der Waals surface area contributed by atoms with Gasteiger partial charge in [-0.1, -0.05) is 0 Å². The van der Waals surface area contributed by atoms with Crippen LogP contribution in [0.15, 0.2) is 24.7 Å². The highest BCUT2D eigenvalue weighted by Crippen LogP contribution is 2.19. The van der Waals surface area contributed by atoms with Crippen molar-refractivity contribution in [2.75, 3.05) is 5.32 Å². The highest BCUT2D eigenvalue weighted by Gasteiger charge is 2.06. The van der Waals surface area contributed by atoms with Crippen molar-refractivity contribution in [1.29, 1.82) is 0 Å². The number of hydrogen-bond acceptors (Lipinski definition) is 4. The fourth-order valence-electron chi connectivity index (χ4n) is 1.98. The van der Waals surface area contributed by atoms with Crippen molar-refractivity contribution >= 4 is 16.7 Å². The summed E-state index contributed by atoms with van der Waals surface area (Å²) >= 11 is 0. The Morgan fingerprint density at radius 3 is 3.06 bits per heavy atom. The van der Waals surface area contributed by atoms with E-state index in [2.05, 4.69) is 31.4 Å². The summed E-state index contributed by atoms with van der Waals surface area (Å²) in [4.78, 5) is 11.6. The molecule has 0 atom stereocenters. The molecule has 0 fully saturated rings. The maximum absolute atomic E-state index is 4.41. The second kappa shape index (κ2) is 4.14. The Bertz CT molecular complexity index is 667. The standard InChI is InChI=1S/C12H14N6/c1-8-10-5-9(6-16-12(10)18(2)17-8)15-7-11-13-3-4-14-11/h3-6,15H,7H2,1-2H3,(H,13,14). The molecule has 3 heterocycles. The van der Waals surface area contributed by atoms with E-state index in [-0.39, 0.29) is 0 Å². The van der Waals surface area contributed by atoms with Crippen molar-refractivity contribution in [2.24, 2.45) is 7.05 Å². The number of aromatic amines is 1. The Morgan fingerprint density at radius 2 is 2.28 bits per heavy atom. The minimum atomic E-state index is 0.652. The van der Waals surface area contributed by atoms with Crippen LogP contribution in [0, 0.1) is 6.92 Å². The Kier molecular flexibility index (Phi) is 2.47. The van der Waals surface area contributed by atoms with Gasteiger partial charge in [0.2, 0.25) is 0 Å². The second-order valence-electron chi connectivity index (χ2n) is 4.19. The van der Waals surface area contributed by atoms with Gasteiger partial charge in [0.15, 0.2) is 5.65 Å². The number of aromatic nitrogens is 5. The van der Waals surface area contributed by atoms with Gasteiger partial charge in [-0.3, -0.25) is 4.68 Å². The van der Waals surface area contributed by atoms with Crippen LogP contribution in [0.5, 0.6) is 0 Å². The molecule has 0 aliphatic carbocycles. The summed E-state index contributed by atoms with van der Waals surface area (Å²) in [5.41, 5.74) is 2.85. The van der Waals surface area contributed by atoms with Gasteiger partial charge in [-0.05, 0) is 13.0 Å². The molecule has 0 aliphatic rings. The smallest absolute Gasteiger partial charge is 0.157 e. The first kappa shape index (κ1) is 10.8. The number of rotatable bonds is 3. The number of nitrogens with one attached hydrogen (secondary N) is 2. The first-order valence-electron chi connectivity index (χ1n) is 5.75. The molecule has 18 heavy (non-hydrogen) atoms. The van der Waals surface area contributed by atoms with E-state index in [0.717, 1.165) is 28.2 Å². The largest absolute Gasteiger partial charge is 0.377 e. The zero-order valence-corrected chi connectivity index (χ0v) is 10.3. The molecule has 0 unspecified atom stereocenters. The zero-order valence-electron chi connectivity index (χ0n) is 10.3. The molecule has 0 bridgehead atoms. The van der Waals surface area contributed by atoms with E-state index in [0.29, 0.717) is 6.54 Å². The van der Waals surface area contributed by atoms with Crippen LogP contribution < -0.4 is 5.32 Å². The number of aryl methyl sites for hydroxylation is 2. The molecule has 3 aromatic rings. The van der Waals surface area contributed by atoms with Crippen molar-refractivity contribution in [3.8, 4) is 0 Å². The summed E-state index contributed by atoms with van der Waals surface area (Å²) in [6.07, 6.45) is 5.36. The third kappa shape index (κ3) is 1.81. The van der Waals surface area contributed by atoms with Gasteiger partial charge in [0.25, 0.3) is 0 Å². The van der Waals surface area contributed by atoms with Gasteiger partial charge in [-0.2, -0.15) is 5.10 Å². The van der Waals surface area contributed by atoms with E-state index in [1.165, 1.54) is 0 Å². The van der Waals surface area contributed by atoms with Crippen LogP contribution in [0.1, 0.15) is 11.5 Å². The Labute approximate surface area is 104 Å². The normalized spacial score (nSPS) is 11.0. The van der Waals surface area contributed by atoms with Gasteiger partial charge in [-0.15, -0.1) is 0 Å². The molecule has 0 saturated carbocycles. The maximum Gasteiger partial charge on any atom is 0.157 e. The van der Waals surface area contributed by atoms with Crippen LogP contribution >= 0.6 is 0 Å². The lowest BCUT2D eigenvalue weighted by atomic mass is 10.2. The molecule has 6 heteroatoms. The Hall–Kier alpha value is -2.37. The third-order valence-electron chi connectivity index (χ3n) is 2.88. The van der Waals surface area contributed by atoms with Crippen LogP contribution in [-0.4, -0.2) is 24.7 Å². The van der Waals surface area contributed by atoms with Crippen LogP contribution in [-0.2, 0) is 13.6 Å². The lowest BCUT2D eigenvalue weighted by Gasteiger charge is -2.04. The molecule has 3 rings (SSSR count). The van der Waals surface area contributed by atoms with Crippen LogP contribution in [0.2, 0.25) is 0 Å². The molecule has 3 aromatic heterocycles. The lowest BCUT2D eigenvalue weighted by molar-refractivity contribution is 0.774. The SMILES string of the molecule is Cc1nn(C)c2ncc(NCc3ncc[nH]3)cc12. The molecule has 0 radical (unpaired) electrons. The molecule has 0 amide bonds. The van der Waals surface area contributed by atoms with E-state index < -0.39 is 0 Å². The monoisotopic (exact) mass is 242 g/mol. The fourth-order valence-corrected chi connectivity index (χ4v) is 1.98. The molecule has 6 nitrogen and oxygen atoms in total. The van der Waals surface area contributed by atoms with E-state index in [1.807, 2.05) is 26.4 Å². The molecular formula is C12H14N6. The second-order valence-corrected chi connectivity index (χ2v) is 4.19. The predicted molar refractivity (Wildman–Crippen MR) is 69.2 cm³/mol. The number of nitrogens with zero attached hydrogens (tertiary/aromatic N) is 4. The van der Waals surface area contributed by atoms with Crippen LogP contribution in [0.25, 0.3) is 11.0 Å². The van der Waals surface area contributed by atoms with Crippen LogP contribution in [0.3, 0.4) is 0 Å². The molecule has 2 N–H and O–H groups in total. The quantitative estimate of drug-likeness (QED) is 0.732. The number of hydrogen-bond donors (Lipinski definition) is 2. The molecule has 0 saturated heterocycles. The van der Waals surface area contributed by atoms with Gasteiger partial charge >= 0.3 is 0 Å². The lowest BCUT2D eigenvalue weighted by Crippen LogP contribution is -2.01. The highest BCUT2D eigenvalue weighted by molar-refractivity contribution is 5.81. The third-order valence-corrected chi connectivity index (χ3v) is 2.88. The fraction of sp³-hybridized carbons (Fsp3) is 0.250. The summed E-state index contributed by atoms with van der Waals surface area (Å²) in [7, 11) is 1.90. The number of fused-ring (bicyclic) bond motifs is 1. The molecule has 0 aliphatic heterocycles. The average Bonchev–Trinajstić information content (AvgIpc) is 2.97. The average molecular weight is 242 g/mol. The van der Waals surface area contributed by atoms with Gasteiger partial charge in [-0.25, -0.2) is 9.97 Å². The predicted octanol–water partition coefficient (Wildman–Crippen LogP) is 1.61. The number of anilines is 1. The summed E-state index contributed by atoms with van der Waals surface area (Å²) in [6.45, 7) is 2.64. The van der Waals surface area contributed by atoms with Crippen LogP contribution in [0.4, 0.5) is 5.69 Å². The number of imidazole rings is 1. The molecule has 0 aromatic carbocycles. The first-order valence-corrected chi connectivity index (χ1v) is 5.75. The van der Waals surface area contributed by atoms with Gasteiger partial charge in [0.1, 0.15) is 5.82 Å². The number of pyridine rings is 1. The van der Waals surface area contributed by atoms with Crippen molar-refractivity contribution in [2.45, 2.75) is 13.5 Å². The van der Waals surface area contributed by atoms with Gasteiger partial charge in [0.05, 0.1) is 24.1 Å². The number of H-pyrrole nitrogens is 1. The molecule has 0 spiro atoms. The summed E-state index contributed by atoms with van der Waals surface area (Å²) < 4.78 is 1.79. The molecular weight excluding hydrogens is 228 g/mol. The molecule has 92 valence electrons. The Balaban J connectivity index is 1.87. The van der Waals surface area contributed by atoms with Crippen molar-refractivity contribution < 1.29 is 0 Å². The first-order chi connectivity index (χ1) is 8.74.